The highest BCUT2D eigenvalue weighted by Crippen LogP contribution is 2.47. The van der Waals surface area contributed by atoms with Gasteiger partial charge in [-0.15, -0.1) is 11.6 Å². The smallest absolute Gasteiger partial charge is 0.169 e. The molecule has 4 aliphatic carbocycles. The molecule has 0 radical (unpaired) electrons. The van der Waals surface area contributed by atoms with E-state index in [1.54, 1.807) is 5.56 Å². The molecule has 4 aromatic heterocycles. The number of allylic oxidation sites excluding steroid dienone is 2. The van der Waals surface area contributed by atoms with Gasteiger partial charge in [0.25, 0.3) is 0 Å². The predicted octanol–water partition coefficient (Wildman–Crippen LogP) is 23.6. The second kappa shape index (κ2) is 30.1. The summed E-state index contributed by atoms with van der Waals surface area (Å²) in [5.41, 5.74) is 13.4. The van der Waals surface area contributed by atoms with E-state index in [1.807, 2.05) is 12.3 Å². The van der Waals surface area contributed by atoms with Crippen LogP contribution in [0.25, 0.3) is 49.2 Å². The Balaban J connectivity index is 0.000000147. The summed E-state index contributed by atoms with van der Waals surface area (Å²) < 4.78 is 7.48. The Morgan fingerprint density at radius 2 is 1.01 bits per heavy atom. The molecule has 4 aromatic carbocycles. The fraction of sp³-hybridized carbons (Fsp3) is 0.470. The summed E-state index contributed by atoms with van der Waals surface area (Å²) in [6.45, 7) is 14.8. The number of Topliss-reactive ketones (excluding diaryl/α,β-unsaturated/α-hetero) is 1. The van der Waals surface area contributed by atoms with Crippen LogP contribution in [-0.2, 0) is 4.79 Å². The number of H-pyrrole nitrogens is 3. The Morgan fingerprint density at radius 3 is 1.57 bits per heavy atom. The first kappa shape index (κ1) is 61.5. The van der Waals surface area contributed by atoms with Crippen LogP contribution in [0.3, 0.4) is 0 Å². The average molecular weight is 1330 g/mol. The Bertz CT molecular complexity index is 3120. The van der Waals surface area contributed by atoms with Gasteiger partial charge in [-0.05, 0) is 194 Å². The number of carbonyl (C=O) groups excluding carboxylic acids is 1. The zero-order chi connectivity index (χ0) is 55.1. The highest BCUT2D eigenvalue weighted by molar-refractivity contribution is 9.11. The number of fused-ring (bicyclic) bond motifs is 4. The molecule has 0 spiro atoms. The van der Waals surface area contributed by atoms with Gasteiger partial charge < -0.3 is 19.2 Å². The molecule has 0 amide bonds. The number of aromatic amines is 3. The zero-order valence-electron chi connectivity index (χ0n) is 47.0. The van der Waals surface area contributed by atoms with Gasteiger partial charge in [0.1, 0.15) is 5.78 Å². The quantitative estimate of drug-likeness (QED) is 0.108. The fourth-order valence-corrected chi connectivity index (χ4v) is 21.5. The van der Waals surface area contributed by atoms with Gasteiger partial charge in [-0.1, -0.05) is 156 Å². The minimum atomic E-state index is -1.73. The van der Waals surface area contributed by atoms with Crippen LogP contribution in [0.5, 0.6) is 0 Å². The van der Waals surface area contributed by atoms with Gasteiger partial charge in [-0.2, -0.15) is 0 Å². The van der Waals surface area contributed by atoms with Crippen LogP contribution in [0, 0.1) is 0 Å². The van der Waals surface area contributed by atoms with Crippen molar-refractivity contribution < 1.29 is 4.79 Å². The molecular weight excluding hydrogens is 1250 g/mol. The van der Waals surface area contributed by atoms with E-state index in [-0.39, 0.29) is 0 Å². The summed E-state index contributed by atoms with van der Waals surface area (Å²) in [6.07, 6.45) is 37.0. The van der Waals surface area contributed by atoms with E-state index >= 15 is 0 Å². The molecule has 3 fully saturated rings. The second-order valence-electron chi connectivity index (χ2n) is 22.7. The molecule has 4 aliphatic rings. The first-order chi connectivity index (χ1) is 37.2. The van der Waals surface area contributed by atoms with Crippen molar-refractivity contribution in [3.63, 3.8) is 0 Å². The first-order valence-corrected chi connectivity index (χ1v) is 35.0. The third-order valence-electron chi connectivity index (χ3n) is 17.0. The third-order valence-corrected chi connectivity index (χ3v) is 25.7. The normalized spacial score (nSPS) is 16.5. The van der Waals surface area contributed by atoms with Crippen LogP contribution in [-0.4, -0.2) is 39.6 Å². The Kier molecular flexibility index (Phi) is 24.0. The molecule has 5 nitrogen and oxygen atoms in total. The molecule has 0 atom stereocenters. The monoisotopic (exact) mass is 1330 g/mol. The van der Waals surface area contributed by atoms with Gasteiger partial charge in [-0.3, -0.25) is 4.79 Å². The molecule has 77 heavy (non-hydrogen) atoms. The average Bonchev–Trinajstić information content (AvgIpc) is 4.28. The molecule has 3 saturated carbocycles. The summed E-state index contributed by atoms with van der Waals surface area (Å²) in [5.74, 6) is 1.99. The Labute approximate surface area is 500 Å². The van der Waals surface area contributed by atoms with Crippen molar-refractivity contribution >= 4 is 139 Å². The van der Waals surface area contributed by atoms with Gasteiger partial charge in [0.15, 0.2) is 8.24 Å². The van der Waals surface area contributed by atoms with E-state index in [0.29, 0.717) is 5.78 Å². The van der Waals surface area contributed by atoms with E-state index in [0.717, 1.165) is 63.1 Å². The van der Waals surface area contributed by atoms with Crippen molar-refractivity contribution in [2.24, 2.45) is 0 Å². The van der Waals surface area contributed by atoms with E-state index < -0.39 is 8.24 Å². The van der Waals surface area contributed by atoms with E-state index in [1.165, 1.54) is 172 Å². The minimum absolute atomic E-state index is 0.464. The van der Waals surface area contributed by atoms with E-state index in [2.05, 4.69) is 234 Å². The lowest BCUT2D eigenvalue weighted by molar-refractivity contribution is -0.120. The number of hydrogen-bond acceptors (Lipinski definition) is 1. The van der Waals surface area contributed by atoms with Crippen LogP contribution in [0.1, 0.15) is 192 Å². The highest BCUT2D eigenvalue weighted by atomic mass is 79.9. The van der Waals surface area contributed by atoms with Crippen molar-refractivity contribution in [2.75, 3.05) is 6.38 Å². The molecule has 11 heteroatoms. The third kappa shape index (κ3) is 15.7. The molecule has 3 N–H and O–H groups in total. The van der Waals surface area contributed by atoms with Crippen molar-refractivity contribution in [3.05, 3.63) is 144 Å². The topological polar surface area (TPSA) is 69.4 Å². The maximum atomic E-state index is 10.5. The molecular formula is C66H85Br4ClN4OSi. The van der Waals surface area contributed by atoms with Crippen LogP contribution in [0.2, 0.25) is 16.6 Å². The number of carbonyl (C=O) groups is 1. The Hall–Kier alpha value is -3.12. The number of ketones is 1. The number of aromatic nitrogens is 4. The first-order valence-electron chi connectivity index (χ1n) is 28.9. The van der Waals surface area contributed by atoms with Gasteiger partial charge in [0.2, 0.25) is 0 Å². The lowest BCUT2D eigenvalue weighted by Gasteiger charge is -2.44. The van der Waals surface area contributed by atoms with Crippen molar-refractivity contribution in [1.29, 1.82) is 0 Å². The van der Waals surface area contributed by atoms with Gasteiger partial charge in [-0.25, -0.2) is 0 Å². The summed E-state index contributed by atoms with van der Waals surface area (Å²) in [7, 11) is -1.73. The van der Waals surface area contributed by atoms with Crippen molar-refractivity contribution in [1.82, 2.24) is 19.2 Å². The molecule has 414 valence electrons. The Morgan fingerprint density at radius 1 is 0.519 bits per heavy atom. The molecule has 0 aliphatic heterocycles. The number of nitrogens with zero attached hydrogens (tertiary/aromatic N) is 1. The zero-order valence-corrected chi connectivity index (χ0v) is 55.1. The lowest BCUT2D eigenvalue weighted by atomic mass is 9.84. The van der Waals surface area contributed by atoms with Crippen LogP contribution < -0.4 is 0 Å². The summed E-state index contributed by atoms with van der Waals surface area (Å²) in [6, 6.07) is 28.1. The summed E-state index contributed by atoms with van der Waals surface area (Å²) >= 11 is 18.9. The van der Waals surface area contributed by atoms with Crippen LogP contribution >= 0.6 is 75.3 Å². The van der Waals surface area contributed by atoms with E-state index in [4.69, 9.17) is 0 Å². The van der Waals surface area contributed by atoms with Crippen molar-refractivity contribution in [2.45, 2.75) is 192 Å². The maximum Gasteiger partial charge on any atom is 0.169 e. The highest BCUT2D eigenvalue weighted by Gasteiger charge is 2.46. The SMILES string of the molecule is Brc1ccc2[nH]cc(C3=CCCCC3)c2c1.Brc1ccc2[nH]cc(C3CCCCC3)c2c1.Brc1ccc2[nH]ccc2c1.CC(C)[Si](C(C)C)(C(C)C)n1cc(C2CCCCC2)c2cc(Br)ccc21.CCl.O=C1CCCCC1. The summed E-state index contributed by atoms with van der Waals surface area (Å²) in [4.78, 5) is 20.3. The second-order valence-corrected chi connectivity index (χ2v) is 32.1. The molecule has 4 heterocycles. The van der Waals surface area contributed by atoms with Crippen molar-refractivity contribution in [3.8, 4) is 0 Å². The van der Waals surface area contributed by atoms with Crippen LogP contribution in [0.4, 0.5) is 0 Å². The number of hydrogen-bond donors (Lipinski definition) is 3. The molecule has 0 bridgehead atoms. The largest absolute Gasteiger partial charge is 0.373 e. The number of alkyl halides is 1. The van der Waals surface area contributed by atoms with Crippen LogP contribution in [0.15, 0.2) is 128 Å². The van der Waals surface area contributed by atoms with Gasteiger partial charge >= 0.3 is 0 Å². The molecule has 0 saturated heterocycles. The van der Waals surface area contributed by atoms with Gasteiger partial charge in [0, 0.05) is 105 Å². The van der Waals surface area contributed by atoms with Gasteiger partial charge in [0.05, 0.1) is 0 Å². The predicted molar refractivity (Wildman–Crippen MR) is 352 cm³/mol. The number of halogens is 5. The number of benzene rings is 4. The molecule has 8 aromatic rings. The van der Waals surface area contributed by atoms with E-state index in [9.17, 15) is 4.79 Å². The number of rotatable bonds is 7. The standard InChI is InChI=1S/C23H36BrNSi.C14H16BrN.C14H14BrN.C8H6BrN.C6H10O.CH3Cl/c1-16(2)26(17(3)4,18(5)6)25-15-22(19-10-8-7-9-11-19)21-14-20(24)12-13-23(21)25;2*15-11-6-7-14-12(8-11)13(9-16-14)10-4-2-1-3-5-10;9-7-1-2-8-6(5-7)3-4-10-8;7-6-4-2-1-3-5-6;1-2/h12-19H,7-11H2,1-6H3;6-10,16H,1-5H2;4,6-9,16H,1-3,5H2;1-5,10H;1-5H2;1H3. The number of nitrogens with one attached hydrogen (secondary N) is 3. The summed E-state index contributed by atoms with van der Waals surface area (Å²) in [5, 5.41) is 5.49. The molecule has 0 unspecified atom stereocenters. The molecule has 12 rings (SSSR count). The maximum absolute atomic E-state index is 10.5. The lowest BCUT2D eigenvalue weighted by Crippen LogP contribution is -2.51. The fourth-order valence-electron chi connectivity index (χ4n) is 13.4. The minimum Gasteiger partial charge on any atom is -0.373 e.